The van der Waals surface area contributed by atoms with Crippen LogP contribution < -0.4 is 0 Å². The van der Waals surface area contributed by atoms with Gasteiger partial charge in [0.05, 0.1) is 0 Å². The maximum atomic E-state index is 10.6. The van der Waals surface area contributed by atoms with Crippen molar-refractivity contribution in [3.63, 3.8) is 0 Å². The average Bonchev–Trinajstić information content (AvgIpc) is 1.87. The first-order valence-electron chi connectivity index (χ1n) is 3.65. The number of aliphatic hydroxyl groups is 1. The van der Waals surface area contributed by atoms with Crippen LogP contribution >= 0.6 is 0 Å². The normalized spacial score (nSPS) is 22.8. The fourth-order valence-corrected chi connectivity index (χ4v) is 2.17. The number of rotatable bonds is 1. The summed E-state index contributed by atoms with van der Waals surface area (Å²) >= 11 is 0. The van der Waals surface area contributed by atoms with Crippen molar-refractivity contribution in [2.45, 2.75) is 37.0 Å². The van der Waals surface area contributed by atoms with Gasteiger partial charge in [-0.2, -0.15) is 8.42 Å². The van der Waals surface area contributed by atoms with Crippen molar-refractivity contribution in [2.24, 2.45) is 0 Å². The van der Waals surface area contributed by atoms with Crippen LogP contribution in [-0.4, -0.2) is 60.7 Å². The zero-order valence-electron chi connectivity index (χ0n) is 8.86. The van der Waals surface area contributed by atoms with Gasteiger partial charge >= 0.3 is 37.7 Å². The Hall–Kier alpha value is 1.13. The van der Waals surface area contributed by atoms with Crippen LogP contribution in [0.15, 0.2) is 0 Å². The second-order valence-corrected chi connectivity index (χ2v) is 4.69. The molecule has 4 nitrogen and oxygen atoms in total. The Morgan fingerprint density at radius 1 is 1.17 bits per heavy atom. The van der Waals surface area contributed by atoms with E-state index in [4.69, 9.17) is 4.55 Å². The summed E-state index contributed by atoms with van der Waals surface area (Å²) < 4.78 is 29.9. The van der Waals surface area contributed by atoms with Crippen LogP contribution in [0.4, 0.5) is 0 Å². The van der Waals surface area contributed by atoms with Crippen molar-refractivity contribution < 1.29 is 20.9 Å². The molecule has 0 bridgehead atoms. The summed E-state index contributed by atoms with van der Waals surface area (Å²) in [7, 11) is -4.27. The van der Waals surface area contributed by atoms with Gasteiger partial charge in [-0.1, -0.05) is 6.42 Å². The summed E-state index contributed by atoms with van der Waals surface area (Å²) in [6, 6.07) is 0. The summed E-state index contributed by atoms with van der Waals surface area (Å²) in [4.78, 5) is -1.86. The Labute approximate surface area is 105 Å². The first kappa shape index (κ1) is 13.1. The molecule has 0 aliphatic heterocycles. The quantitative estimate of drug-likeness (QED) is 0.496. The van der Waals surface area contributed by atoms with Gasteiger partial charge < -0.3 is 7.96 Å². The van der Waals surface area contributed by atoms with Crippen LogP contribution in [0.2, 0.25) is 0 Å². The van der Waals surface area contributed by atoms with E-state index in [9.17, 15) is 13.5 Å². The molecule has 1 saturated carbocycles. The van der Waals surface area contributed by atoms with Crippen molar-refractivity contribution >= 4 is 47.9 Å². The van der Waals surface area contributed by atoms with Gasteiger partial charge in [-0.15, -0.1) is 0 Å². The molecule has 1 aliphatic carbocycles. The topological polar surface area (TPSA) is 74.6 Å². The van der Waals surface area contributed by atoms with Crippen LogP contribution in [0, 0.1) is 0 Å². The molecule has 0 spiro atoms. The molecule has 0 amide bonds. The minimum Gasteiger partial charge on any atom is -1.00 e. The Kier molecular flexibility index (Phi) is 5.00. The molecule has 6 heteroatoms. The monoisotopic (exact) mass is 222 g/mol. The molecule has 12 heavy (non-hydrogen) atoms. The van der Waals surface area contributed by atoms with Crippen molar-refractivity contribution in [1.29, 1.82) is 0 Å². The zero-order chi connectivity index (χ0) is 8.54. The molecule has 0 aromatic heterocycles. The predicted octanol–water partition coefficient (Wildman–Crippen LogP) is 0.371. The maximum Gasteiger partial charge on any atom is 2.00 e. The van der Waals surface area contributed by atoms with Crippen molar-refractivity contribution in [2.75, 3.05) is 0 Å². The molecule has 1 fully saturated rings. The Morgan fingerprint density at radius 2 is 1.58 bits per heavy atom. The molecule has 0 atom stereocenters. The Morgan fingerprint density at radius 3 is 1.83 bits per heavy atom. The molecule has 2 N–H and O–H groups in total. The van der Waals surface area contributed by atoms with E-state index in [0.717, 1.165) is 6.42 Å². The van der Waals surface area contributed by atoms with Gasteiger partial charge in [-0.3, -0.25) is 4.55 Å². The molecular weight excluding hydrogens is 208 g/mol. The second-order valence-electron chi connectivity index (χ2n) is 2.98. The van der Waals surface area contributed by atoms with Gasteiger partial charge in [0.15, 0.2) is 4.93 Å². The van der Waals surface area contributed by atoms with Crippen molar-refractivity contribution in [1.82, 2.24) is 0 Å². The smallest absolute Gasteiger partial charge is 1.00 e. The molecule has 1 aliphatic rings. The molecule has 0 heterocycles. The third kappa shape index (κ3) is 2.82. The van der Waals surface area contributed by atoms with Crippen LogP contribution in [-0.2, 0) is 10.1 Å². The standard InChI is InChI=1S/C6H12O4S.Ca.2H/c7-6(11(8,9)10)4-2-1-3-5-6;;;/h7H,1-5H2,(H,8,9,10);;;/q;+2;2*-1. The predicted molar refractivity (Wildman–Crippen MR) is 47.6 cm³/mol. The summed E-state index contributed by atoms with van der Waals surface area (Å²) in [6.07, 6.45) is 2.57. The summed E-state index contributed by atoms with van der Waals surface area (Å²) in [6.45, 7) is 0. The fourth-order valence-electron chi connectivity index (χ4n) is 1.36. The number of hydrogen-bond acceptors (Lipinski definition) is 3. The third-order valence-corrected chi connectivity index (χ3v) is 3.48. The SMILES string of the molecule is O=S(=O)(O)C1(O)CCCCC1.[Ca+2].[H-].[H-]. The van der Waals surface area contributed by atoms with Gasteiger partial charge in [0.1, 0.15) is 0 Å². The molecule has 1 rings (SSSR count). The zero-order valence-corrected chi connectivity index (χ0v) is 9.89. The fraction of sp³-hybridized carbons (Fsp3) is 1.00. The summed E-state index contributed by atoms with van der Waals surface area (Å²) in [5.41, 5.74) is 0. The summed E-state index contributed by atoms with van der Waals surface area (Å²) in [5.74, 6) is 0. The van der Waals surface area contributed by atoms with E-state index in [1.807, 2.05) is 0 Å². The first-order chi connectivity index (χ1) is 4.96. The van der Waals surface area contributed by atoms with Gasteiger partial charge in [-0.25, -0.2) is 0 Å². The van der Waals surface area contributed by atoms with E-state index in [2.05, 4.69) is 0 Å². The third-order valence-electron chi connectivity index (χ3n) is 2.11. The minimum atomic E-state index is -4.27. The second kappa shape index (κ2) is 4.57. The van der Waals surface area contributed by atoms with Gasteiger partial charge in [0.2, 0.25) is 0 Å². The molecule has 70 valence electrons. The molecular formula is C6H14CaO4S. The molecule has 0 aromatic carbocycles. The molecule has 0 radical (unpaired) electrons. The van der Waals surface area contributed by atoms with E-state index in [1.165, 1.54) is 0 Å². The first-order valence-corrected chi connectivity index (χ1v) is 5.09. The molecule has 0 aromatic rings. The van der Waals surface area contributed by atoms with Crippen molar-refractivity contribution in [3.8, 4) is 0 Å². The van der Waals surface area contributed by atoms with Crippen LogP contribution in [0.5, 0.6) is 0 Å². The van der Waals surface area contributed by atoms with E-state index < -0.39 is 15.1 Å². The van der Waals surface area contributed by atoms with E-state index in [0.29, 0.717) is 12.8 Å². The molecule has 0 unspecified atom stereocenters. The van der Waals surface area contributed by atoms with Crippen LogP contribution in [0.3, 0.4) is 0 Å². The Balaban J connectivity index is -0.000000403. The van der Waals surface area contributed by atoms with Crippen LogP contribution in [0.1, 0.15) is 35.0 Å². The summed E-state index contributed by atoms with van der Waals surface area (Å²) in [5, 5.41) is 9.37. The largest absolute Gasteiger partial charge is 2.00 e. The molecule has 0 saturated heterocycles. The average molecular weight is 222 g/mol. The van der Waals surface area contributed by atoms with Crippen LogP contribution in [0.25, 0.3) is 0 Å². The van der Waals surface area contributed by atoms with E-state index in [-0.39, 0.29) is 53.4 Å². The minimum absolute atomic E-state index is 0. The van der Waals surface area contributed by atoms with E-state index >= 15 is 0 Å². The van der Waals surface area contributed by atoms with E-state index in [1.54, 1.807) is 0 Å². The van der Waals surface area contributed by atoms with Crippen molar-refractivity contribution in [3.05, 3.63) is 0 Å². The van der Waals surface area contributed by atoms with Gasteiger partial charge in [0.25, 0.3) is 10.1 Å². The number of hydrogen-bond donors (Lipinski definition) is 2. The van der Waals surface area contributed by atoms with Gasteiger partial charge in [-0.05, 0) is 25.7 Å². The Bertz CT molecular complexity index is 238. The van der Waals surface area contributed by atoms with Gasteiger partial charge in [0, 0.05) is 0 Å². The maximum absolute atomic E-state index is 10.6.